The lowest BCUT2D eigenvalue weighted by Crippen LogP contribution is -2.59. The number of nitrogens with one attached hydrogen (secondary N) is 1. The Labute approximate surface area is 269 Å². The molecule has 3 aromatic heterocycles. The van der Waals surface area contributed by atoms with Crippen molar-refractivity contribution in [2.24, 2.45) is 11.1 Å². The van der Waals surface area contributed by atoms with Gasteiger partial charge in [-0.1, -0.05) is 40.7 Å². The molecule has 1 amide bonds. The van der Waals surface area contributed by atoms with Gasteiger partial charge in [0.25, 0.3) is 5.91 Å². The number of hydrazine groups is 1. The molecule has 0 radical (unpaired) electrons. The lowest BCUT2D eigenvalue weighted by molar-refractivity contribution is -0.155. The summed E-state index contributed by atoms with van der Waals surface area (Å²) in [6.45, 7) is 14.3. The molecule has 3 N–H and O–H groups in total. The molecule has 1 saturated heterocycles. The van der Waals surface area contributed by atoms with E-state index >= 15 is 0 Å². The Kier molecular flexibility index (Phi) is 8.58. The first-order valence-corrected chi connectivity index (χ1v) is 16.9. The van der Waals surface area contributed by atoms with Crippen LogP contribution in [0.5, 0.6) is 0 Å². The van der Waals surface area contributed by atoms with Gasteiger partial charge in [0.1, 0.15) is 6.04 Å². The number of benzene rings is 1. The number of esters is 1. The first kappa shape index (κ1) is 31.4. The first-order chi connectivity index (χ1) is 21.5. The van der Waals surface area contributed by atoms with Gasteiger partial charge in [-0.3, -0.25) is 19.6 Å². The molecule has 6 rings (SSSR count). The van der Waals surface area contributed by atoms with Crippen molar-refractivity contribution in [1.29, 1.82) is 0 Å². The fourth-order valence-corrected chi connectivity index (χ4v) is 7.60. The van der Waals surface area contributed by atoms with Crippen molar-refractivity contribution in [2.75, 3.05) is 13.2 Å². The van der Waals surface area contributed by atoms with E-state index in [-0.39, 0.29) is 35.7 Å². The number of cyclic esters (lactones) is 1. The molecule has 9 nitrogen and oxygen atoms in total. The topological polar surface area (TPSA) is 115 Å². The fraction of sp³-hybridized carbons (Fsp3) is 0.486. The second-order valence-electron chi connectivity index (χ2n) is 13.5. The minimum Gasteiger partial charge on any atom is -0.464 e. The van der Waals surface area contributed by atoms with Crippen molar-refractivity contribution in [3.8, 4) is 22.5 Å². The highest BCUT2D eigenvalue weighted by atomic mass is 32.1. The third-order valence-electron chi connectivity index (χ3n) is 9.15. The van der Waals surface area contributed by atoms with Crippen LogP contribution in [0, 0.1) is 5.41 Å². The Bertz CT molecular complexity index is 1740. The van der Waals surface area contributed by atoms with Gasteiger partial charge in [0.2, 0.25) is 0 Å². The molecule has 5 heterocycles. The maximum Gasteiger partial charge on any atom is 0.324 e. The number of thiazole rings is 1. The van der Waals surface area contributed by atoms with Crippen molar-refractivity contribution >= 4 is 34.1 Å². The number of nitrogens with zero attached hydrogens (tertiary/aromatic N) is 4. The molecule has 3 atom stereocenters. The zero-order valence-corrected chi connectivity index (χ0v) is 27.9. The summed E-state index contributed by atoms with van der Waals surface area (Å²) in [5.41, 5.74) is 16.9. The highest BCUT2D eigenvalue weighted by molar-refractivity contribution is 7.10. The van der Waals surface area contributed by atoms with Crippen LogP contribution in [0.15, 0.2) is 41.9 Å². The Balaban J connectivity index is 1.54. The van der Waals surface area contributed by atoms with E-state index in [2.05, 4.69) is 74.3 Å². The van der Waals surface area contributed by atoms with Crippen LogP contribution in [0.2, 0.25) is 0 Å². The molecule has 10 heteroatoms. The number of carbonyl (C=O) groups excluding carboxylic acids is 2. The zero-order chi connectivity index (χ0) is 32.0. The summed E-state index contributed by atoms with van der Waals surface area (Å²) < 4.78 is 8.38. The lowest BCUT2D eigenvalue weighted by Gasteiger charge is -2.35. The van der Waals surface area contributed by atoms with Crippen molar-refractivity contribution in [2.45, 2.75) is 91.3 Å². The van der Waals surface area contributed by atoms with Gasteiger partial charge in [-0.05, 0) is 61.9 Å². The molecule has 0 unspecified atom stereocenters. The van der Waals surface area contributed by atoms with Gasteiger partial charge >= 0.3 is 5.97 Å². The van der Waals surface area contributed by atoms with Crippen LogP contribution < -0.4 is 11.2 Å². The van der Waals surface area contributed by atoms with Crippen LogP contribution in [-0.4, -0.2) is 56.7 Å². The number of aryl methyl sites for hydroxylation is 1. The molecule has 0 spiro atoms. The zero-order valence-electron chi connectivity index (χ0n) is 27.1. The summed E-state index contributed by atoms with van der Waals surface area (Å²) in [6.07, 6.45) is 3.84. The van der Waals surface area contributed by atoms with E-state index in [1.807, 2.05) is 19.2 Å². The van der Waals surface area contributed by atoms with Crippen LogP contribution in [-0.2, 0) is 27.3 Å². The molecule has 0 saturated carbocycles. The highest BCUT2D eigenvalue weighted by Crippen LogP contribution is 2.42. The standard InChI is InChI=1S/C35H44N6O3S/c1-7-40-28-13-12-22-16-24(28)25(31(40)23-10-8-14-37-30(23)20(2)3)17-35(5,6)19-44-34(43)26-11-9-15-41(39-26)33(42)29(36)21(4)32-38-27(22)18-45-32/h8,10,12-14,16,18,20-21,26,29,39H,7,9,11,15,17,19,36H2,1-6H3/t21-,26-,29-/m0/s1. The summed E-state index contributed by atoms with van der Waals surface area (Å²) in [4.78, 5) is 36.6. The van der Waals surface area contributed by atoms with Crippen molar-refractivity contribution in [1.82, 2.24) is 25.0 Å². The van der Waals surface area contributed by atoms with E-state index in [0.29, 0.717) is 25.8 Å². The molecule has 1 fully saturated rings. The monoisotopic (exact) mass is 628 g/mol. The normalized spacial score (nSPS) is 22.5. The Morgan fingerprint density at radius 1 is 1.22 bits per heavy atom. The Morgan fingerprint density at radius 2 is 2.02 bits per heavy atom. The van der Waals surface area contributed by atoms with Crippen LogP contribution in [0.4, 0.5) is 0 Å². The van der Waals surface area contributed by atoms with E-state index in [1.165, 1.54) is 21.9 Å². The van der Waals surface area contributed by atoms with Crippen molar-refractivity contribution < 1.29 is 14.3 Å². The SMILES string of the molecule is CCn1c(-c2cccnc2C(C)C)c2c3cc(ccc31)-c1csc(n1)[C@@H](C)[C@H](N)C(=O)N1CCC[C@H](N1)C(=O)OCC(C)(C)C2. The molecular formula is C35H44N6O3S. The molecule has 238 valence electrons. The number of ether oxygens (including phenoxy) is 1. The summed E-state index contributed by atoms with van der Waals surface area (Å²) in [5, 5.41) is 5.52. The van der Waals surface area contributed by atoms with E-state index in [1.54, 1.807) is 0 Å². The predicted molar refractivity (Wildman–Crippen MR) is 179 cm³/mol. The predicted octanol–water partition coefficient (Wildman–Crippen LogP) is 6.02. The second kappa shape index (κ2) is 12.3. The minimum absolute atomic E-state index is 0.242. The number of fused-ring (bicyclic) bond motifs is 6. The van der Waals surface area contributed by atoms with Gasteiger partial charge in [-0.2, -0.15) is 0 Å². The number of amides is 1. The summed E-state index contributed by atoms with van der Waals surface area (Å²) in [7, 11) is 0. The number of hydrogen-bond acceptors (Lipinski definition) is 8. The summed E-state index contributed by atoms with van der Waals surface area (Å²) in [6, 6.07) is 9.36. The van der Waals surface area contributed by atoms with Crippen LogP contribution >= 0.6 is 11.3 Å². The number of rotatable bonds is 3. The van der Waals surface area contributed by atoms with Crippen LogP contribution in [0.1, 0.15) is 82.5 Å². The number of aromatic nitrogens is 3. The number of nitrogens with two attached hydrogens (primary N) is 1. The summed E-state index contributed by atoms with van der Waals surface area (Å²) in [5.74, 6) is -0.636. The van der Waals surface area contributed by atoms with Gasteiger partial charge in [0.05, 0.1) is 34.7 Å². The highest BCUT2D eigenvalue weighted by Gasteiger charge is 2.36. The summed E-state index contributed by atoms with van der Waals surface area (Å²) >= 11 is 1.52. The van der Waals surface area contributed by atoms with Gasteiger partial charge in [0, 0.05) is 58.0 Å². The third-order valence-corrected chi connectivity index (χ3v) is 10.2. The van der Waals surface area contributed by atoms with Crippen molar-refractivity contribution in [3.05, 3.63) is 58.2 Å². The number of hydrogen-bond donors (Lipinski definition) is 2. The molecule has 1 aromatic carbocycles. The van der Waals surface area contributed by atoms with Crippen LogP contribution in [0.3, 0.4) is 0 Å². The first-order valence-electron chi connectivity index (χ1n) is 16.0. The molecule has 6 bridgehead atoms. The van der Waals surface area contributed by atoms with E-state index in [0.717, 1.165) is 50.7 Å². The fourth-order valence-electron chi connectivity index (χ4n) is 6.67. The minimum atomic E-state index is -0.797. The molecule has 2 aliphatic heterocycles. The molecule has 2 aliphatic rings. The Morgan fingerprint density at radius 3 is 2.78 bits per heavy atom. The van der Waals surface area contributed by atoms with E-state index in [9.17, 15) is 9.59 Å². The average Bonchev–Trinajstić information content (AvgIpc) is 3.65. The largest absolute Gasteiger partial charge is 0.464 e. The maximum atomic E-state index is 13.4. The lowest BCUT2D eigenvalue weighted by atomic mass is 9.84. The van der Waals surface area contributed by atoms with E-state index < -0.39 is 12.1 Å². The van der Waals surface area contributed by atoms with Gasteiger partial charge in [0.15, 0.2) is 0 Å². The second-order valence-corrected chi connectivity index (χ2v) is 14.4. The van der Waals surface area contributed by atoms with Crippen LogP contribution in [0.25, 0.3) is 33.4 Å². The van der Waals surface area contributed by atoms with Gasteiger partial charge < -0.3 is 15.0 Å². The van der Waals surface area contributed by atoms with Crippen molar-refractivity contribution in [3.63, 3.8) is 0 Å². The van der Waals surface area contributed by atoms with Gasteiger partial charge in [-0.25, -0.2) is 10.4 Å². The molecule has 4 aromatic rings. The molecule has 45 heavy (non-hydrogen) atoms. The Hall–Kier alpha value is -3.60. The smallest absolute Gasteiger partial charge is 0.324 e. The third kappa shape index (κ3) is 5.91. The van der Waals surface area contributed by atoms with E-state index in [4.69, 9.17) is 20.4 Å². The number of pyridine rings is 1. The maximum absolute atomic E-state index is 13.4. The molecular weight excluding hydrogens is 584 g/mol. The molecule has 0 aliphatic carbocycles. The average molecular weight is 629 g/mol. The quantitative estimate of drug-likeness (QED) is 0.267. The number of carbonyl (C=O) groups is 2. The van der Waals surface area contributed by atoms with Gasteiger partial charge in [-0.15, -0.1) is 11.3 Å².